The van der Waals surface area contributed by atoms with Crippen LogP contribution in [0.25, 0.3) is 0 Å². The van der Waals surface area contributed by atoms with Crippen LogP contribution in [-0.4, -0.2) is 46.7 Å². The van der Waals surface area contributed by atoms with Gasteiger partial charge in [0.2, 0.25) is 5.91 Å². The monoisotopic (exact) mass is 213 g/mol. The molecule has 2 fully saturated rings. The molecule has 2 aliphatic heterocycles. The van der Waals surface area contributed by atoms with E-state index >= 15 is 0 Å². The molecule has 0 unspecified atom stereocenters. The molecule has 2 saturated heterocycles. The quantitative estimate of drug-likeness (QED) is 0.606. The van der Waals surface area contributed by atoms with Gasteiger partial charge in [0.25, 0.3) is 0 Å². The second-order valence-corrected chi connectivity index (χ2v) is 4.20. The van der Waals surface area contributed by atoms with Gasteiger partial charge >= 0.3 is 5.97 Å². The minimum atomic E-state index is -0.429. The average Bonchev–Trinajstić information content (AvgIpc) is 2.42. The Kier molecular flexibility index (Phi) is 2.65. The van der Waals surface area contributed by atoms with Gasteiger partial charge in [-0.25, -0.2) is 0 Å². The Morgan fingerprint density at radius 3 is 2.93 bits per heavy atom. The van der Waals surface area contributed by atoms with E-state index in [0.29, 0.717) is 19.4 Å². The summed E-state index contributed by atoms with van der Waals surface area (Å²) < 4.78 is 5.10. The fourth-order valence-electron chi connectivity index (χ4n) is 2.40. The summed E-state index contributed by atoms with van der Waals surface area (Å²) in [6.07, 6.45) is 0.900. The van der Waals surface area contributed by atoms with Crippen molar-refractivity contribution in [1.29, 1.82) is 0 Å². The van der Waals surface area contributed by atoms with Gasteiger partial charge in [-0.15, -0.1) is 0 Å². The van der Waals surface area contributed by atoms with E-state index in [0.717, 1.165) is 0 Å². The maximum Gasteiger partial charge on any atom is 0.302 e. The van der Waals surface area contributed by atoms with Gasteiger partial charge in [0.1, 0.15) is 6.10 Å². The molecule has 5 nitrogen and oxygen atoms in total. The number of hydrogen-bond donors (Lipinski definition) is 1. The Morgan fingerprint density at radius 2 is 2.27 bits per heavy atom. The van der Waals surface area contributed by atoms with E-state index in [4.69, 9.17) is 4.74 Å². The number of esters is 1. The molecule has 0 saturated carbocycles. The van der Waals surface area contributed by atoms with Crippen molar-refractivity contribution in [2.24, 2.45) is 0 Å². The fourth-order valence-corrected chi connectivity index (χ4v) is 2.40. The fraction of sp³-hybridized carbons (Fsp3) is 0.800. The molecule has 2 heterocycles. The minimum absolute atomic E-state index is 0.0231. The van der Waals surface area contributed by atoms with Crippen LogP contribution in [0.5, 0.6) is 0 Å². The largest absolute Gasteiger partial charge is 0.460 e. The Morgan fingerprint density at radius 1 is 1.53 bits per heavy atom. The van der Waals surface area contributed by atoms with E-state index in [9.17, 15) is 14.7 Å². The first-order chi connectivity index (χ1) is 7.08. The number of hydrogen-bond acceptors (Lipinski definition) is 4. The zero-order valence-corrected chi connectivity index (χ0v) is 8.68. The third-order valence-electron chi connectivity index (χ3n) is 3.05. The first-order valence-corrected chi connectivity index (χ1v) is 5.22. The average molecular weight is 213 g/mol. The van der Waals surface area contributed by atoms with E-state index < -0.39 is 6.10 Å². The number of ether oxygens (including phenoxy) is 1. The highest BCUT2D eigenvalue weighted by Crippen LogP contribution is 2.30. The molecule has 3 atom stereocenters. The number of fused-ring (bicyclic) bond motifs is 1. The molecule has 0 spiro atoms. The first-order valence-electron chi connectivity index (χ1n) is 5.22. The Hall–Kier alpha value is -1.10. The molecule has 2 rings (SSSR count). The topological polar surface area (TPSA) is 66.8 Å². The van der Waals surface area contributed by atoms with E-state index in [1.165, 1.54) is 6.92 Å². The molecular formula is C10H15NO4. The SMILES string of the molecule is CC(=O)O[C@H]1CC(=O)N2C[C@H](O)CC[C@@H]12. The highest BCUT2D eigenvalue weighted by atomic mass is 16.5. The summed E-state index contributed by atoms with van der Waals surface area (Å²) in [4.78, 5) is 24.1. The lowest BCUT2D eigenvalue weighted by atomic mass is 9.99. The summed E-state index contributed by atoms with van der Waals surface area (Å²) in [5.74, 6) is -0.370. The van der Waals surface area contributed by atoms with Gasteiger partial charge < -0.3 is 14.7 Å². The molecule has 0 radical (unpaired) electrons. The molecular weight excluding hydrogens is 198 g/mol. The van der Waals surface area contributed by atoms with E-state index in [-0.39, 0.29) is 30.4 Å². The smallest absolute Gasteiger partial charge is 0.302 e. The lowest BCUT2D eigenvalue weighted by Crippen LogP contribution is -2.47. The molecule has 84 valence electrons. The van der Waals surface area contributed by atoms with Gasteiger partial charge in [0, 0.05) is 13.5 Å². The molecule has 15 heavy (non-hydrogen) atoms. The number of rotatable bonds is 1. The molecule has 2 aliphatic rings. The highest BCUT2D eigenvalue weighted by molar-refractivity contribution is 5.80. The first kappa shape index (κ1) is 10.4. The summed E-state index contributed by atoms with van der Waals surface area (Å²) >= 11 is 0. The second-order valence-electron chi connectivity index (χ2n) is 4.20. The maximum atomic E-state index is 11.6. The molecule has 1 amide bonds. The van der Waals surface area contributed by atoms with Gasteiger partial charge in [-0.05, 0) is 12.8 Å². The second kappa shape index (κ2) is 3.81. The van der Waals surface area contributed by atoms with Gasteiger partial charge in [-0.2, -0.15) is 0 Å². The van der Waals surface area contributed by atoms with Crippen LogP contribution < -0.4 is 0 Å². The lowest BCUT2D eigenvalue weighted by Gasteiger charge is -2.34. The zero-order valence-electron chi connectivity index (χ0n) is 8.68. The summed E-state index contributed by atoms with van der Waals surface area (Å²) in [5.41, 5.74) is 0. The van der Waals surface area contributed by atoms with Crippen molar-refractivity contribution in [3.63, 3.8) is 0 Å². The number of aliphatic hydroxyl groups is 1. The number of nitrogens with zero attached hydrogens (tertiary/aromatic N) is 1. The van der Waals surface area contributed by atoms with Gasteiger partial charge in [-0.3, -0.25) is 9.59 Å². The number of amides is 1. The van der Waals surface area contributed by atoms with Crippen molar-refractivity contribution in [1.82, 2.24) is 4.90 Å². The Labute approximate surface area is 88.0 Å². The van der Waals surface area contributed by atoms with E-state index in [1.807, 2.05) is 0 Å². The van der Waals surface area contributed by atoms with Crippen molar-refractivity contribution in [2.45, 2.75) is 44.4 Å². The summed E-state index contributed by atoms with van der Waals surface area (Å²) in [7, 11) is 0. The van der Waals surface area contributed by atoms with Crippen molar-refractivity contribution < 1.29 is 19.4 Å². The van der Waals surface area contributed by atoms with Gasteiger partial charge in [0.05, 0.1) is 18.6 Å². The number of carbonyl (C=O) groups excluding carboxylic acids is 2. The number of carbonyl (C=O) groups is 2. The van der Waals surface area contributed by atoms with Crippen LogP contribution in [0.3, 0.4) is 0 Å². The molecule has 0 aromatic carbocycles. The Bertz CT molecular complexity index is 291. The lowest BCUT2D eigenvalue weighted by molar-refractivity contribution is -0.148. The van der Waals surface area contributed by atoms with Crippen LogP contribution in [0.15, 0.2) is 0 Å². The molecule has 0 aromatic heterocycles. The summed E-state index contributed by atoms with van der Waals surface area (Å²) in [6, 6.07) is -0.0233. The molecule has 0 bridgehead atoms. The van der Waals surface area contributed by atoms with Gasteiger partial charge in [-0.1, -0.05) is 0 Å². The van der Waals surface area contributed by atoms with Gasteiger partial charge in [0.15, 0.2) is 0 Å². The predicted octanol–water partition coefficient (Wildman–Crippen LogP) is -0.326. The van der Waals surface area contributed by atoms with Crippen molar-refractivity contribution in [3.05, 3.63) is 0 Å². The normalized spacial score (nSPS) is 35.2. The molecule has 5 heteroatoms. The summed E-state index contributed by atoms with van der Waals surface area (Å²) in [5, 5.41) is 9.44. The van der Waals surface area contributed by atoms with E-state index in [1.54, 1.807) is 4.90 Å². The van der Waals surface area contributed by atoms with Crippen molar-refractivity contribution >= 4 is 11.9 Å². The zero-order chi connectivity index (χ0) is 11.0. The van der Waals surface area contributed by atoms with Crippen LogP contribution in [-0.2, 0) is 14.3 Å². The van der Waals surface area contributed by atoms with Crippen LogP contribution in [0.4, 0.5) is 0 Å². The van der Waals surface area contributed by atoms with Crippen LogP contribution >= 0.6 is 0 Å². The third-order valence-corrected chi connectivity index (χ3v) is 3.05. The highest BCUT2D eigenvalue weighted by Gasteiger charge is 2.44. The standard InChI is InChI=1S/C10H15NO4/c1-6(12)15-9-4-10(14)11-5-7(13)2-3-8(9)11/h7-9,13H,2-5H2,1H3/t7-,8+,9+/m1/s1. The van der Waals surface area contributed by atoms with Crippen LogP contribution in [0.1, 0.15) is 26.2 Å². The third kappa shape index (κ3) is 1.97. The molecule has 0 aromatic rings. The van der Waals surface area contributed by atoms with Crippen molar-refractivity contribution in [2.75, 3.05) is 6.54 Å². The van der Waals surface area contributed by atoms with E-state index in [2.05, 4.69) is 0 Å². The van der Waals surface area contributed by atoms with Crippen LogP contribution in [0, 0.1) is 0 Å². The molecule has 1 N–H and O–H groups in total. The van der Waals surface area contributed by atoms with Crippen LogP contribution in [0.2, 0.25) is 0 Å². The maximum absolute atomic E-state index is 11.6. The minimum Gasteiger partial charge on any atom is -0.460 e. The summed E-state index contributed by atoms with van der Waals surface area (Å²) in [6.45, 7) is 1.73. The number of piperidine rings is 1. The Balaban J connectivity index is 2.06. The molecule has 0 aliphatic carbocycles. The number of aliphatic hydroxyl groups excluding tert-OH is 1. The van der Waals surface area contributed by atoms with Crippen molar-refractivity contribution in [3.8, 4) is 0 Å². The predicted molar refractivity (Wildman–Crippen MR) is 50.9 cm³/mol.